The molecular weight excluding hydrogens is 200 g/mol. The van der Waals surface area contributed by atoms with E-state index in [4.69, 9.17) is 5.73 Å². The van der Waals surface area contributed by atoms with Crippen LogP contribution in [-0.2, 0) is 0 Å². The molecular formula is C13H20N2O. The van der Waals surface area contributed by atoms with Crippen LogP contribution in [0.25, 0.3) is 0 Å². The van der Waals surface area contributed by atoms with Gasteiger partial charge in [-0.05, 0) is 37.9 Å². The largest absolute Gasteiger partial charge is 0.366 e. The Hall–Kier alpha value is -1.35. The van der Waals surface area contributed by atoms with E-state index in [-0.39, 0.29) is 5.91 Å². The maximum Gasteiger partial charge on any atom is 0.248 e. The third-order valence-corrected chi connectivity index (χ3v) is 2.71. The number of nitrogens with two attached hydrogens (primary N) is 1. The predicted molar refractivity (Wildman–Crippen MR) is 66.3 cm³/mol. The van der Waals surface area contributed by atoms with Crippen molar-refractivity contribution in [1.29, 1.82) is 0 Å². The quantitative estimate of drug-likeness (QED) is 0.800. The van der Waals surface area contributed by atoms with Crippen LogP contribution in [0.2, 0.25) is 0 Å². The van der Waals surface area contributed by atoms with Gasteiger partial charge in [-0.3, -0.25) is 4.79 Å². The monoisotopic (exact) mass is 220 g/mol. The molecule has 0 spiro atoms. The van der Waals surface area contributed by atoms with Crippen molar-refractivity contribution < 1.29 is 4.79 Å². The van der Waals surface area contributed by atoms with E-state index in [1.165, 1.54) is 25.8 Å². The number of hydrogen-bond donors (Lipinski definition) is 2. The highest BCUT2D eigenvalue weighted by molar-refractivity contribution is 5.92. The van der Waals surface area contributed by atoms with Crippen molar-refractivity contribution >= 4 is 5.91 Å². The van der Waals surface area contributed by atoms with E-state index in [9.17, 15) is 4.79 Å². The Morgan fingerprint density at radius 2 is 2.12 bits per heavy atom. The van der Waals surface area contributed by atoms with Gasteiger partial charge in [0.1, 0.15) is 0 Å². The lowest BCUT2D eigenvalue weighted by Gasteiger charge is -2.02. The lowest BCUT2D eigenvalue weighted by atomic mass is 10.2. The number of rotatable bonds is 2. The van der Waals surface area contributed by atoms with Gasteiger partial charge in [-0.1, -0.05) is 25.1 Å². The molecule has 1 amide bonds. The molecule has 2 rings (SSSR count). The third kappa shape index (κ3) is 4.45. The van der Waals surface area contributed by atoms with Crippen molar-refractivity contribution in [2.24, 2.45) is 5.73 Å². The summed E-state index contributed by atoms with van der Waals surface area (Å²) in [5.41, 5.74) is 5.53. The summed E-state index contributed by atoms with van der Waals surface area (Å²) in [5, 5.41) is 3.41. The molecule has 1 heterocycles. The summed E-state index contributed by atoms with van der Waals surface area (Å²) in [7, 11) is 0. The first-order valence-corrected chi connectivity index (χ1v) is 5.82. The summed E-state index contributed by atoms with van der Waals surface area (Å²) in [6.07, 6.45) is 4.09. The van der Waals surface area contributed by atoms with Crippen molar-refractivity contribution in [3.8, 4) is 0 Å². The second-order valence-corrected chi connectivity index (χ2v) is 3.93. The van der Waals surface area contributed by atoms with Crippen molar-refractivity contribution in [2.45, 2.75) is 32.2 Å². The molecule has 1 aliphatic heterocycles. The van der Waals surface area contributed by atoms with Crippen LogP contribution in [0.15, 0.2) is 30.3 Å². The second kappa shape index (κ2) is 7.01. The van der Waals surface area contributed by atoms with Crippen LogP contribution in [-0.4, -0.2) is 18.5 Å². The Morgan fingerprint density at radius 3 is 2.44 bits per heavy atom. The molecule has 88 valence electrons. The molecule has 1 fully saturated rings. The summed E-state index contributed by atoms with van der Waals surface area (Å²) >= 11 is 0. The van der Waals surface area contributed by atoms with Gasteiger partial charge in [0, 0.05) is 11.6 Å². The molecule has 0 saturated carbocycles. The molecule has 0 aliphatic carbocycles. The van der Waals surface area contributed by atoms with E-state index in [1.54, 1.807) is 24.3 Å². The van der Waals surface area contributed by atoms with E-state index >= 15 is 0 Å². The Balaban J connectivity index is 0.000000165. The summed E-state index contributed by atoms with van der Waals surface area (Å²) in [5.74, 6) is -0.379. The average molecular weight is 220 g/mol. The molecule has 0 radical (unpaired) electrons. The summed E-state index contributed by atoms with van der Waals surface area (Å²) in [4.78, 5) is 10.4. The average Bonchev–Trinajstić information content (AvgIpc) is 2.84. The van der Waals surface area contributed by atoms with Gasteiger partial charge in [0.25, 0.3) is 0 Å². The van der Waals surface area contributed by atoms with Gasteiger partial charge in [-0.15, -0.1) is 0 Å². The molecule has 3 heteroatoms. The number of nitrogens with one attached hydrogen (secondary N) is 1. The lowest BCUT2D eigenvalue weighted by molar-refractivity contribution is 0.100. The standard InChI is InChI=1S/C7H7NO.C6H13N/c8-7(9)6-4-2-1-3-5-6;1-2-6-4-3-5-7-6/h1-5H,(H2,8,9);6-7H,2-5H2,1H3. The number of benzene rings is 1. The molecule has 0 aromatic heterocycles. The maximum absolute atomic E-state index is 10.4. The van der Waals surface area contributed by atoms with Gasteiger partial charge in [0.05, 0.1) is 0 Å². The lowest BCUT2D eigenvalue weighted by Crippen LogP contribution is -2.19. The highest BCUT2D eigenvalue weighted by Gasteiger charge is 2.09. The number of amides is 1. The van der Waals surface area contributed by atoms with Gasteiger partial charge in [-0.25, -0.2) is 0 Å². The molecule has 3 N–H and O–H groups in total. The van der Waals surface area contributed by atoms with E-state index in [1.807, 2.05) is 6.07 Å². The van der Waals surface area contributed by atoms with E-state index in [0.717, 1.165) is 6.04 Å². The Morgan fingerprint density at radius 1 is 1.44 bits per heavy atom. The van der Waals surface area contributed by atoms with Crippen LogP contribution in [0.4, 0.5) is 0 Å². The zero-order chi connectivity index (χ0) is 11.8. The molecule has 1 aromatic carbocycles. The number of hydrogen-bond acceptors (Lipinski definition) is 2. The fraction of sp³-hybridized carbons (Fsp3) is 0.462. The minimum atomic E-state index is -0.379. The second-order valence-electron chi connectivity index (χ2n) is 3.93. The summed E-state index contributed by atoms with van der Waals surface area (Å²) in [6.45, 7) is 3.49. The van der Waals surface area contributed by atoms with Crippen LogP contribution in [0.1, 0.15) is 36.5 Å². The maximum atomic E-state index is 10.4. The number of carbonyl (C=O) groups is 1. The fourth-order valence-corrected chi connectivity index (χ4v) is 1.71. The molecule has 1 aliphatic rings. The zero-order valence-electron chi connectivity index (χ0n) is 9.78. The first-order chi connectivity index (χ1) is 7.74. The first kappa shape index (κ1) is 12.7. The highest BCUT2D eigenvalue weighted by Crippen LogP contribution is 2.06. The van der Waals surface area contributed by atoms with Crippen molar-refractivity contribution in [1.82, 2.24) is 5.32 Å². The smallest absolute Gasteiger partial charge is 0.248 e. The van der Waals surface area contributed by atoms with Crippen LogP contribution >= 0.6 is 0 Å². The number of primary amides is 1. The van der Waals surface area contributed by atoms with E-state index in [0.29, 0.717) is 5.56 Å². The minimum Gasteiger partial charge on any atom is -0.366 e. The topological polar surface area (TPSA) is 55.1 Å². The molecule has 1 unspecified atom stereocenters. The third-order valence-electron chi connectivity index (χ3n) is 2.71. The molecule has 3 nitrogen and oxygen atoms in total. The Kier molecular flexibility index (Phi) is 5.57. The van der Waals surface area contributed by atoms with Crippen LogP contribution in [0.5, 0.6) is 0 Å². The van der Waals surface area contributed by atoms with Crippen molar-refractivity contribution in [3.05, 3.63) is 35.9 Å². The van der Waals surface area contributed by atoms with Gasteiger partial charge in [0.2, 0.25) is 5.91 Å². The van der Waals surface area contributed by atoms with Crippen LogP contribution in [0.3, 0.4) is 0 Å². The molecule has 0 bridgehead atoms. The Bertz CT molecular complexity index is 305. The molecule has 16 heavy (non-hydrogen) atoms. The van der Waals surface area contributed by atoms with Crippen LogP contribution in [0, 0.1) is 0 Å². The van der Waals surface area contributed by atoms with E-state index in [2.05, 4.69) is 12.2 Å². The minimum absolute atomic E-state index is 0.379. The fourth-order valence-electron chi connectivity index (χ4n) is 1.71. The van der Waals surface area contributed by atoms with Gasteiger partial charge >= 0.3 is 0 Å². The summed E-state index contributed by atoms with van der Waals surface area (Å²) < 4.78 is 0. The molecule has 1 saturated heterocycles. The Labute approximate surface area is 97.0 Å². The normalized spacial score (nSPS) is 18.7. The SMILES string of the molecule is CCC1CCCN1.NC(=O)c1ccccc1. The van der Waals surface area contributed by atoms with Gasteiger partial charge < -0.3 is 11.1 Å². The van der Waals surface area contributed by atoms with E-state index < -0.39 is 0 Å². The first-order valence-electron chi connectivity index (χ1n) is 5.82. The predicted octanol–water partition coefficient (Wildman–Crippen LogP) is 1.93. The molecule has 1 atom stereocenters. The summed E-state index contributed by atoms with van der Waals surface area (Å²) in [6, 6.07) is 9.61. The van der Waals surface area contributed by atoms with Crippen molar-refractivity contribution in [2.75, 3.05) is 6.54 Å². The van der Waals surface area contributed by atoms with Gasteiger partial charge in [-0.2, -0.15) is 0 Å². The van der Waals surface area contributed by atoms with Gasteiger partial charge in [0.15, 0.2) is 0 Å². The van der Waals surface area contributed by atoms with Crippen LogP contribution < -0.4 is 11.1 Å². The molecule has 1 aromatic rings. The van der Waals surface area contributed by atoms with Crippen molar-refractivity contribution in [3.63, 3.8) is 0 Å². The zero-order valence-corrected chi connectivity index (χ0v) is 9.78. The highest BCUT2D eigenvalue weighted by atomic mass is 16.1. The number of carbonyl (C=O) groups excluding carboxylic acids is 1.